The zero-order valence-corrected chi connectivity index (χ0v) is 15.8. The molecule has 0 radical (unpaired) electrons. The molecule has 0 aromatic rings. The normalized spacial score (nSPS) is 12.3. The number of ether oxygens (including phenoxy) is 4. The summed E-state index contributed by atoms with van der Waals surface area (Å²) in [7, 11) is 0. The van der Waals surface area contributed by atoms with Crippen LogP contribution in [0.25, 0.3) is 0 Å². The molecule has 0 aromatic heterocycles. The Morgan fingerprint density at radius 3 is 1.42 bits per heavy atom. The smallest absolute Gasteiger partial charge is 0.308 e. The van der Waals surface area contributed by atoms with Gasteiger partial charge in [-0.3, -0.25) is 9.59 Å². The van der Waals surface area contributed by atoms with E-state index in [1.165, 1.54) is 0 Å². The molecule has 0 spiro atoms. The molecule has 0 bridgehead atoms. The fraction of sp³-hybridized carbons (Fsp3) is 0.882. The maximum absolute atomic E-state index is 11.5. The van der Waals surface area contributed by atoms with Gasteiger partial charge in [-0.05, 0) is 41.5 Å². The SMILES string of the molecule is CC(C)(C)OC(=O)CCOCC(N)COCCC(=O)OC(C)(C)C. The first-order valence-electron chi connectivity index (χ1n) is 8.24. The van der Waals surface area contributed by atoms with Gasteiger partial charge in [0.15, 0.2) is 0 Å². The Morgan fingerprint density at radius 1 is 0.792 bits per heavy atom. The Morgan fingerprint density at radius 2 is 1.12 bits per heavy atom. The van der Waals surface area contributed by atoms with Gasteiger partial charge in [0.25, 0.3) is 0 Å². The standard InChI is InChI=1S/C17H33NO6/c1-16(2,3)23-14(19)7-9-21-11-13(18)12-22-10-8-15(20)24-17(4,5)6/h13H,7-12,18H2,1-6H3. The molecule has 0 aromatic carbocycles. The molecule has 0 rings (SSSR count). The third-order valence-corrected chi connectivity index (χ3v) is 2.40. The third-order valence-electron chi connectivity index (χ3n) is 2.40. The summed E-state index contributed by atoms with van der Waals surface area (Å²) in [6.45, 7) is 11.9. The Kier molecular flexibility index (Phi) is 10.1. The average molecular weight is 347 g/mol. The quantitative estimate of drug-likeness (QED) is 0.475. The van der Waals surface area contributed by atoms with E-state index in [1.54, 1.807) is 0 Å². The van der Waals surface area contributed by atoms with Crippen molar-refractivity contribution in [2.45, 2.75) is 71.6 Å². The topological polar surface area (TPSA) is 97.1 Å². The van der Waals surface area contributed by atoms with E-state index in [4.69, 9.17) is 24.7 Å². The molecule has 0 aliphatic carbocycles. The fourth-order valence-electron chi connectivity index (χ4n) is 1.61. The molecule has 0 aliphatic rings. The minimum atomic E-state index is -0.491. The summed E-state index contributed by atoms with van der Waals surface area (Å²) in [5.41, 5.74) is 4.85. The van der Waals surface area contributed by atoms with Gasteiger partial charge in [0.05, 0.1) is 45.3 Å². The molecule has 0 unspecified atom stereocenters. The first kappa shape index (κ1) is 22.8. The summed E-state index contributed by atoms with van der Waals surface area (Å²) < 4.78 is 21.0. The molecular formula is C17H33NO6. The first-order valence-corrected chi connectivity index (χ1v) is 8.24. The lowest BCUT2D eigenvalue weighted by Gasteiger charge is -2.20. The number of hydrogen-bond acceptors (Lipinski definition) is 7. The van der Waals surface area contributed by atoms with E-state index >= 15 is 0 Å². The Labute approximate surface area is 145 Å². The largest absolute Gasteiger partial charge is 0.460 e. The van der Waals surface area contributed by atoms with E-state index < -0.39 is 11.2 Å². The van der Waals surface area contributed by atoms with Crippen LogP contribution < -0.4 is 5.73 Å². The molecule has 0 saturated carbocycles. The predicted octanol–water partition coefficient (Wildman–Crippen LogP) is 1.81. The Bertz CT molecular complexity index is 348. The van der Waals surface area contributed by atoms with Gasteiger partial charge in [0.2, 0.25) is 0 Å². The van der Waals surface area contributed by atoms with Crippen molar-refractivity contribution in [3.8, 4) is 0 Å². The number of hydrogen-bond donors (Lipinski definition) is 1. The lowest BCUT2D eigenvalue weighted by Crippen LogP contribution is -2.32. The molecule has 0 amide bonds. The van der Waals surface area contributed by atoms with Crippen molar-refractivity contribution in [3.63, 3.8) is 0 Å². The summed E-state index contributed by atoms with van der Waals surface area (Å²) in [5.74, 6) is -0.602. The van der Waals surface area contributed by atoms with E-state index in [2.05, 4.69) is 0 Å². The van der Waals surface area contributed by atoms with Gasteiger partial charge >= 0.3 is 11.9 Å². The maximum atomic E-state index is 11.5. The van der Waals surface area contributed by atoms with Gasteiger partial charge in [-0.25, -0.2) is 0 Å². The van der Waals surface area contributed by atoms with Crippen LogP contribution in [0.2, 0.25) is 0 Å². The van der Waals surface area contributed by atoms with Crippen molar-refractivity contribution in [2.24, 2.45) is 5.73 Å². The molecule has 0 atom stereocenters. The number of nitrogens with two attached hydrogens (primary N) is 1. The zero-order valence-electron chi connectivity index (χ0n) is 15.8. The summed E-state index contributed by atoms with van der Waals surface area (Å²) in [5, 5.41) is 0. The van der Waals surface area contributed by atoms with Crippen molar-refractivity contribution in [1.29, 1.82) is 0 Å². The highest BCUT2D eigenvalue weighted by Gasteiger charge is 2.17. The third kappa shape index (κ3) is 15.7. The minimum Gasteiger partial charge on any atom is -0.460 e. The highest BCUT2D eigenvalue weighted by molar-refractivity contribution is 5.70. The second-order valence-corrected chi connectivity index (χ2v) is 7.58. The summed E-state index contributed by atoms with van der Waals surface area (Å²) in [4.78, 5) is 23.0. The lowest BCUT2D eigenvalue weighted by molar-refractivity contribution is -0.157. The van der Waals surface area contributed by atoms with Gasteiger partial charge in [-0.15, -0.1) is 0 Å². The summed E-state index contributed by atoms with van der Waals surface area (Å²) in [6, 6.07) is -0.317. The zero-order chi connectivity index (χ0) is 18.8. The molecule has 0 aliphatic heterocycles. The van der Waals surface area contributed by atoms with Crippen LogP contribution in [0.15, 0.2) is 0 Å². The van der Waals surface area contributed by atoms with E-state index in [9.17, 15) is 9.59 Å². The Hall–Kier alpha value is -1.18. The van der Waals surface area contributed by atoms with Crippen LogP contribution in [-0.2, 0) is 28.5 Å². The van der Waals surface area contributed by atoms with Crippen molar-refractivity contribution in [2.75, 3.05) is 26.4 Å². The van der Waals surface area contributed by atoms with E-state index in [-0.39, 0.29) is 57.2 Å². The maximum Gasteiger partial charge on any atom is 0.308 e. The van der Waals surface area contributed by atoms with Crippen molar-refractivity contribution < 1.29 is 28.5 Å². The van der Waals surface area contributed by atoms with E-state index in [0.29, 0.717) is 0 Å². The highest BCUT2D eigenvalue weighted by atomic mass is 16.6. The number of esters is 2. The van der Waals surface area contributed by atoms with Crippen molar-refractivity contribution in [3.05, 3.63) is 0 Å². The van der Waals surface area contributed by atoms with Crippen molar-refractivity contribution in [1.82, 2.24) is 0 Å². The number of carbonyl (C=O) groups excluding carboxylic acids is 2. The monoisotopic (exact) mass is 347 g/mol. The van der Waals surface area contributed by atoms with E-state index in [1.807, 2.05) is 41.5 Å². The molecule has 7 nitrogen and oxygen atoms in total. The second-order valence-electron chi connectivity index (χ2n) is 7.58. The van der Waals surface area contributed by atoms with Crippen LogP contribution in [0.4, 0.5) is 0 Å². The molecule has 142 valence electrons. The van der Waals surface area contributed by atoms with Gasteiger partial charge in [0.1, 0.15) is 11.2 Å². The Balaban J connectivity index is 3.62. The van der Waals surface area contributed by atoms with Crippen LogP contribution >= 0.6 is 0 Å². The lowest BCUT2D eigenvalue weighted by atomic mass is 10.2. The fourth-order valence-corrected chi connectivity index (χ4v) is 1.61. The first-order chi connectivity index (χ1) is 10.9. The number of rotatable bonds is 10. The van der Waals surface area contributed by atoms with Crippen LogP contribution in [0.1, 0.15) is 54.4 Å². The van der Waals surface area contributed by atoms with E-state index in [0.717, 1.165) is 0 Å². The van der Waals surface area contributed by atoms with Gasteiger partial charge in [0, 0.05) is 0 Å². The molecule has 24 heavy (non-hydrogen) atoms. The predicted molar refractivity (Wildman–Crippen MR) is 90.5 cm³/mol. The summed E-state index contributed by atoms with van der Waals surface area (Å²) in [6.07, 6.45) is 0.368. The van der Waals surface area contributed by atoms with Crippen LogP contribution in [0.3, 0.4) is 0 Å². The number of carbonyl (C=O) groups is 2. The average Bonchev–Trinajstić information content (AvgIpc) is 2.35. The molecule has 0 heterocycles. The molecule has 0 saturated heterocycles. The van der Waals surface area contributed by atoms with Gasteiger partial charge in [-0.1, -0.05) is 0 Å². The van der Waals surface area contributed by atoms with Crippen LogP contribution in [0, 0.1) is 0 Å². The molecule has 7 heteroatoms. The highest BCUT2D eigenvalue weighted by Crippen LogP contribution is 2.09. The van der Waals surface area contributed by atoms with Crippen molar-refractivity contribution >= 4 is 11.9 Å². The van der Waals surface area contributed by atoms with Gasteiger partial charge < -0.3 is 24.7 Å². The van der Waals surface area contributed by atoms with Gasteiger partial charge in [-0.2, -0.15) is 0 Å². The molecular weight excluding hydrogens is 314 g/mol. The van der Waals surface area contributed by atoms with Crippen LogP contribution in [0.5, 0.6) is 0 Å². The second kappa shape index (κ2) is 10.6. The summed E-state index contributed by atoms with van der Waals surface area (Å²) >= 11 is 0. The molecule has 0 fully saturated rings. The molecule has 2 N–H and O–H groups in total. The van der Waals surface area contributed by atoms with Crippen LogP contribution in [-0.4, -0.2) is 55.6 Å². The minimum absolute atomic E-state index is 0.184.